The van der Waals surface area contributed by atoms with E-state index in [0.29, 0.717) is 6.54 Å². The Morgan fingerprint density at radius 1 is 1.73 bits per heavy atom. The molecule has 1 fully saturated rings. The quantitative estimate of drug-likeness (QED) is 0.729. The average Bonchev–Trinajstić information content (AvgIpc) is 2.53. The van der Waals surface area contributed by atoms with Crippen molar-refractivity contribution in [1.82, 2.24) is 15.2 Å². The van der Waals surface area contributed by atoms with E-state index in [1.165, 1.54) is 4.90 Å². The molecule has 5 nitrogen and oxygen atoms in total. The highest BCUT2D eigenvalue weighted by Gasteiger charge is 2.29. The predicted molar refractivity (Wildman–Crippen MR) is 53.9 cm³/mol. The topological polar surface area (TPSA) is 65.5 Å². The molecule has 0 bridgehead atoms. The molecule has 1 aliphatic rings. The molecular weight excluding hydrogens is 194 g/mol. The fraction of sp³-hybridized carbons (Fsp3) is 0.400. The lowest BCUT2D eigenvalue weighted by molar-refractivity contribution is 0.0593. The number of carbonyl (C=O) groups is 1. The number of aliphatic hydroxyl groups excluding tert-OH is 1. The molecule has 15 heavy (non-hydrogen) atoms. The average molecular weight is 207 g/mol. The van der Waals surface area contributed by atoms with E-state index in [1.54, 1.807) is 6.20 Å². The molecule has 1 aromatic rings. The van der Waals surface area contributed by atoms with Crippen LogP contribution < -0.4 is 5.32 Å². The summed E-state index contributed by atoms with van der Waals surface area (Å²) in [6.45, 7) is 2.56. The number of nitrogens with zero attached hydrogens (tertiary/aromatic N) is 2. The second-order valence-electron chi connectivity index (χ2n) is 3.56. The number of carbonyl (C=O) groups excluding carboxylic acids is 1. The van der Waals surface area contributed by atoms with Crippen molar-refractivity contribution in [2.45, 2.75) is 19.7 Å². The van der Waals surface area contributed by atoms with Crippen LogP contribution in [0.2, 0.25) is 0 Å². The monoisotopic (exact) mass is 207 g/mol. The first-order chi connectivity index (χ1) is 7.18. The molecule has 2 rings (SSSR count). The van der Waals surface area contributed by atoms with E-state index in [9.17, 15) is 9.90 Å². The highest BCUT2D eigenvalue weighted by atomic mass is 16.3. The van der Waals surface area contributed by atoms with Crippen molar-refractivity contribution in [2.75, 3.05) is 6.54 Å². The van der Waals surface area contributed by atoms with E-state index in [1.807, 2.05) is 19.1 Å². The first-order valence-electron chi connectivity index (χ1n) is 4.81. The molecule has 2 amide bonds. The van der Waals surface area contributed by atoms with Crippen molar-refractivity contribution in [1.29, 1.82) is 0 Å². The fourth-order valence-corrected chi connectivity index (χ4v) is 1.55. The number of hydrogen-bond acceptors (Lipinski definition) is 3. The zero-order chi connectivity index (χ0) is 10.8. The van der Waals surface area contributed by atoms with Gasteiger partial charge in [0.1, 0.15) is 6.23 Å². The Hall–Kier alpha value is -1.62. The Morgan fingerprint density at radius 3 is 3.13 bits per heavy atom. The Labute approximate surface area is 87.7 Å². The van der Waals surface area contributed by atoms with Gasteiger partial charge < -0.3 is 10.4 Å². The minimum Gasteiger partial charge on any atom is -0.372 e. The van der Waals surface area contributed by atoms with Gasteiger partial charge in [-0.1, -0.05) is 6.07 Å². The highest BCUT2D eigenvalue weighted by Crippen LogP contribution is 2.12. The molecule has 0 radical (unpaired) electrons. The normalized spacial score (nSPS) is 20.5. The molecular formula is C10H13N3O2. The number of aliphatic hydroxyl groups is 1. The van der Waals surface area contributed by atoms with Crippen LogP contribution in [0.1, 0.15) is 11.3 Å². The van der Waals surface area contributed by atoms with Gasteiger partial charge in [-0.15, -0.1) is 0 Å². The second kappa shape index (κ2) is 3.86. The first kappa shape index (κ1) is 9.92. The summed E-state index contributed by atoms with van der Waals surface area (Å²) < 4.78 is 0. The van der Waals surface area contributed by atoms with Gasteiger partial charge >= 0.3 is 6.03 Å². The lowest BCUT2D eigenvalue weighted by atomic mass is 10.2. The van der Waals surface area contributed by atoms with Gasteiger partial charge in [-0.05, 0) is 18.6 Å². The van der Waals surface area contributed by atoms with Gasteiger partial charge in [-0.25, -0.2) is 4.79 Å². The molecule has 1 aromatic heterocycles. The molecule has 2 N–H and O–H groups in total. The molecule has 1 unspecified atom stereocenters. The molecule has 0 spiro atoms. The van der Waals surface area contributed by atoms with Crippen molar-refractivity contribution in [3.63, 3.8) is 0 Å². The van der Waals surface area contributed by atoms with Gasteiger partial charge in [-0.3, -0.25) is 9.88 Å². The third kappa shape index (κ3) is 1.92. The van der Waals surface area contributed by atoms with Gasteiger partial charge in [0, 0.05) is 6.20 Å². The van der Waals surface area contributed by atoms with E-state index < -0.39 is 6.23 Å². The highest BCUT2D eigenvalue weighted by molar-refractivity contribution is 5.76. The summed E-state index contributed by atoms with van der Waals surface area (Å²) >= 11 is 0. The summed E-state index contributed by atoms with van der Waals surface area (Å²) in [4.78, 5) is 16.9. The van der Waals surface area contributed by atoms with E-state index in [2.05, 4.69) is 10.3 Å². The summed E-state index contributed by atoms with van der Waals surface area (Å²) in [6.07, 6.45) is 0.932. The lowest BCUT2D eigenvalue weighted by Gasteiger charge is -2.18. The molecule has 5 heteroatoms. The summed E-state index contributed by atoms with van der Waals surface area (Å²) in [7, 11) is 0. The third-order valence-corrected chi connectivity index (χ3v) is 2.49. The number of amides is 2. The molecule has 1 saturated heterocycles. The number of urea groups is 1. The first-order valence-corrected chi connectivity index (χ1v) is 4.81. The molecule has 2 heterocycles. The maximum absolute atomic E-state index is 11.3. The van der Waals surface area contributed by atoms with Gasteiger partial charge in [0.25, 0.3) is 0 Å². The van der Waals surface area contributed by atoms with Crippen LogP contribution >= 0.6 is 0 Å². The van der Waals surface area contributed by atoms with Crippen molar-refractivity contribution in [3.05, 3.63) is 29.6 Å². The van der Waals surface area contributed by atoms with Gasteiger partial charge in [0.15, 0.2) is 0 Å². The number of hydrogen-bond donors (Lipinski definition) is 2. The number of aryl methyl sites for hydroxylation is 1. The van der Waals surface area contributed by atoms with Crippen molar-refractivity contribution in [3.8, 4) is 0 Å². The van der Waals surface area contributed by atoms with Crippen LogP contribution in [0.15, 0.2) is 18.3 Å². The minimum atomic E-state index is -0.751. The maximum Gasteiger partial charge on any atom is 0.320 e. The van der Waals surface area contributed by atoms with Crippen LogP contribution in [0, 0.1) is 6.92 Å². The van der Waals surface area contributed by atoms with Crippen LogP contribution in [-0.2, 0) is 6.54 Å². The van der Waals surface area contributed by atoms with Gasteiger partial charge in [0.2, 0.25) is 0 Å². The summed E-state index contributed by atoms with van der Waals surface area (Å²) in [5.74, 6) is 0. The molecule has 0 aromatic carbocycles. The molecule has 1 aliphatic heterocycles. The van der Waals surface area contributed by atoms with E-state index in [0.717, 1.165) is 11.3 Å². The van der Waals surface area contributed by atoms with Crippen molar-refractivity contribution in [2.24, 2.45) is 0 Å². The lowest BCUT2D eigenvalue weighted by Crippen LogP contribution is -2.33. The third-order valence-electron chi connectivity index (χ3n) is 2.49. The fourth-order valence-electron chi connectivity index (χ4n) is 1.55. The largest absolute Gasteiger partial charge is 0.372 e. The predicted octanol–water partition coefficient (Wildman–Crippen LogP) is 0.234. The molecule has 1 atom stereocenters. The number of pyridine rings is 1. The summed E-state index contributed by atoms with van der Waals surface area (Å²) in [6, 6.07) is 3.54. The summed E-state index contributed by atoms with van der Waals surface area (Å²) in [5.41, 5.74) is 1.83. The van der Waals surface area contributed by atoms with Crippen LogP contribution in [-0.4, -0.2) is 33.8 Å². The van der Waals surface area contributed by atoms with Crippen molar-refractivity contribution < 1.29 is 9.90 Å². The number of rotatable bonds is 2. The number of β-amino-alcohol motifs (C(OH)–C–C–N with tert-alkyl or cyclic N) is 1. The smallest absolute Gasteiger partial charge is 0.320 e. The molecule has 80 valence electrons. The number of nitrogens with one attached hydrogen (secondary N) is 1. The second-order valence-corrected chi connectivity index (χ2v) is 3.56. The Kier molecular flexibility index (Phi) is 2.55. The Bertz CT molecular complexity index is 381. The SMILES string of the molecule is Cc1cccnc1CN1C(=O)NCC1O. The van der Waals surface area contributed by atoms with Crippen molar-refractivity contribution >= 4 is 6.03 Å². The molecule has 0 saturated carbocycles. The van der Waals surface area contributed by atoms with E-state index in [-0.39, 0.29) is 12.6 Å². The zero-order valence-electron chi connectivity index (χ0n) is 8.47. The Morgan fingerprint density at radius 2 is 2.53 bits per heavy atom. The molecule has 0 aliphatic carbocycles. The van der Waals surface area contributed by atoms with Crippen LogP contribution in [0.5, 0.6) is 0 Å². The van der Waals surface area contributed by atoms with Crippen LogP contribution in [0.3, 0.4) is 0 Å². The van der Waals surface area contributed by atoms with Crippen LogP contribution in [0.4, 0.5) is 4.79 Å². The van der Waals surface area contributed by atoms with E-state index in [4.69, 9.17) is 0 Å². The minimum absolute atomic E-state index is 0.243. The summed E-state index contributed by atoms with van der Waals surface area (Å²) in [5, 5.41) is 12.1. The standard InChI is InChI=1S/C10H13N3O2/c1-7-3-2-4-11-8(7)6-13-9(14)5-12-10(13)15/h2-4,9,14H,5-6H2,1H3,(H,12,15). The van der Waals surface area contributed by atoms with Gasteiger partial charge in [-0.2, -0.15) is 0 Å². The van der Waals surface area contributed by atoms with Crippen LogP contribution in [0.25, 0.3) is 0 Å². The number of aromatic nitrogens is 1. The Balaban J connectivity index is 2.15. The van der Waals surface area contributed by atoms with E-state index >= 15 is 0 Å². The van der Waals surface area contributed by atoms with Gasteiger partial charge in [0.05, 0.1) is 18.8 Å². The zero-order valence-corrected chi connectivity index (χ0v) is 8.47. The maximum atomic E-state index is 11.3.